The molecule has 27 heteroatoms. The predicted octanol–water partition coefficient (Wildman–Crippen LogP) is -2.69. The number of carboxylic acid groups (broad SMARTS) is 4. The van der Waals surface area contributed by atoms with E-state index in [4.69, 9.17) is 16.6 Å². The van der Waals surface area contributed by atoms with Crippen LogP contribution in [0.15, 0.2) is 0 Å². The molecule has 0 aromatic carbocycles. The Morgan fingerprint density at radius 2 is 0.957 bits per heavy atom. The fourth-order valence-corrected chi connectivity index (χ4v) is 6.75. The Hall–Kier alpha value is -6.09. The Morgan fingerprint density at radius 3 is 1.43 bits per heavy atom. The van der Waals surface area contributed by atoms with Crippen LogP contribution in [-0.2, 0) is 57.5 Å². The first kappa shape index (κ1) is 63.9. The zero-order chi connectivity index (χ0) is 53.8. The monoisotopic (exact) mass is 1020 g/mol. The van der Waals surface area contributed by atoms with Gasteiger partial charge in [-0.1, -0.05) is 54.4 Å². The van der Waals surface area contributed by atoms with Crippen LogP contribution in [0.3, 0.4) is 0 Å². The third-order valence-corrected chi connectivity index (χ3v) is 11.1. The molecule has 0 aliphatic carbocycles. The maximum Gasteiger partial charge on any atom is 0.326 e. The summed E-state index contributed by atoms with van der Waals surface area (Å²) in [5.74, 6) is -14.6. The molecule has 0 saturated heterocycles. The van der Waals surface area contributed by atoms with E-state index in [-0.39, 0.29) is 30.9 Å². The van der Waals surface area contributed by atoms with Crippen LogP contribution >= 0.6 is 12.6 Å². The summed E-state index contributed by atoms with van der Waals surface area (Å²) >= 11 is 4.13. The molecule has 0 aliphatic rings. The number of nitrogens with one attached hydrogen (secondary N) is 8. The molecule has 16 N–H and O–H groups in total. The van der Waals surface area contributed by atoms with Gasteiger partial charge >= 0.3 is 23.9 Å². The molecule has 0 radical (unpaired) electrons. The van der Waals surface area contributed by atoms with E-state index in [1.54, 1.807) is 41.5 Å². The molecule has 0 bridgehead atoms. The second-order valence-electron chi connectivity index (χ2n) is 17.5. The molecule has 0 fully saturated rings. The van der Waals surface area contributed by atoms with Gasteiger partial charge in [-0.3, -0.25) is 52.7 Å². The zero-order valence-corrected chi connectivity index (χ0v) is 41.4. The molecule has 26 nitrogen and oxygen atoms in total. The van der Waals surface area contributed by atoms with Crippen molar-refractivity contribution in [1.82, 2.24) is 42.5 Å². The summed E-state index contributed by atoms with van der Waals surface area (Å²) in [4.78, 5) is 153. The highest BCUT2D eigenvalue weighted by atomic mass is 32.1. The fourth-order valence-electron chi connectivity index (χ4n) is 6.49. The topological polar surface area (TPSA) is 434 Å². The van der Waals surface area contributed by atoms with Gasteiger partial charge in [0.1, 0.15) is 42.3 Å². The molecular weight excluding hydrogens is 945 g/mol. The SMILES string of the molecule is CC[C@H](C)[C@H](NC(=O)[C@@H](NC(=O)[C@H](CCC(=O)O)NC(=O)[C@H](CS)NC(=O)[C@@H](N)CCCCN)C(C)C)C(=O)N[C@@H](CCC(=O)O)C(=O)NCC(=O)N[C@@H](CC(C)C)C(=O)N[C@@H](CCC(=O)O)C(=O)O. The Morgan fingerprint density at radius 1 is 0.514 bits per heavy atom. The minimum absolute atomic E-state index is 0.00443. The van der Waals surface area contributed by atoms with Gasteiger partial charge in [-0.2, -0.15) is 12.6 Å². The molecule has 70 heavy (non-hydrogen) atoms. The fraction of sp³-hybridized carbons (Fsp3) is 0.721. The van der Waals surface area contributed by atoms with Crippen molar-refractivity contribution in [2.75, 3.05) is 18.8 Å². The molecular formula is C43H74N10O16S. The number of hydrogen-bond acceptors (Lipinski definition) is 15. The number of carboxylic acids is 4. The molecule has 0 aromatic heterocycles. The van der Waals surface area contributed by atoms with Crippen molar-refractivity contribution in [3.63, 3.8) is 0 Å². The summed E-state index contributed by atoms with van der Waals surface area (Å²) in [7, 11) is 0. The van der Waals surface area contributed by atoms with Gasteiger partial charge in [-0.15, -0.1) is 0 Å². The number of carbonyl (C=O) groups is 12. The van der Waals surface area contributed by atoms with E-state index in [2.05, 4.69) is 55.2 Å². The molecule has 398 valence electrons. The smallest absolute Gasteiger partial charge is 0.326 e. The molecule has 0 rings (SSSR count). The molecule has 0 heterocycles. The first-order valence-corrected chi connectivity index (χ1v) is 23.7. The van der Waals surface area contributed by atoms with Crippen molar-refractivity contribution >= 4 is 83.8 Å². The number of carbonyl (C=O) groups excluding carboxylic acids is 8. The largest absolute Gasteiger partial charge is 0.481 e. The highest BCUT2D eigenvalue weighted by Crippen LogP contribution is 2.13. The second-order valence-corrected chi connectivity index (χ2v) is 17.9. The van der Waals surface area contributed by atoms with E-state index >= 15 is 0 Å². The van der Waals surface area contributed by atoms with Gasteiger partial charge in [0.25, 0.3) is 0 Å². The summed E-state index contributed by atoms with van der Waals surface area (Å²) in [6.07, 6.45) is -1.46. The van der Waals surface area contributed by atoms with Crippen LogP contribution in [0.5, 0.6) is 0 Å². The lowest BCUT2D eigenvalue weighted by atomic mass is 9.95. The number of aliphatic carboxylic acids is 4. The highest BCUT2D eigenvalue weighted by molar-refractivity contribution is 7.80. The number of thiol groups is 1. The van der Waals surface area contributed by atoms with Gasteiger partial charge in [0.05, 0.1) is 12.6 Å². The Labute approximate surface area is 411 Å². The third-order valence-electron chi connectivity index (χ3n) is 10.8. The maximum absolute atomic E-state index is 13.9. The molecule has 0 unspecified atom stereocenters. The molecule has 8 amide bonds. The quantitative estimate of drug-likeness (QED) is 0.0224. The standard InChI is InChI=1S/C43H74N10O16S/c1-7-23(6)35(53-41(66)34(22(4)5)52-38(63)26(12-15-32(57)58)48-40(65)29(20-70)51-36(61)24(45)10-8-9-17-44)42(67)49-25(11-14-31(55)56)37(62)46-19-30(54)47-28(18-21(2)3)39(64)50-27(43(68)69)13-16-33(59)60/h21-29,34-35,70H,7-20,44-45H2,1-6H3,(H,46,62)(H,47,54)(H,48,65)(H,49,67)(H,50,64)(H,51,61)(H,52,63)(H,53,66)(H,55,56)(H,57,58)(H,59,60)(H,68,69)/t23-,24-,25-,26-,27-,28-,29-,34-,35-/m0/s1. The van der Waals surface area contributed by atoms with Gasteiger partial charge in [-0.25, -0.2) is 4.79 Å². The van der Waals surface area contributed by atoms with Crippen LogP contribution in [0.1, 0.15) is 112 Å². The van der Waals surface area contributed by atoms with Gasteiger partial charge in [0.15, 0.2) is 0 Å². The Kier molecular flexibility index (Phi) is 30.5. The number of hydrogen-bond donors (Lipinski definition) is 15. The minimum atomic E-state index is -1.60. The first-order chi connectivity index (χ1) is 32.7. The summed E-state index contributed by atoms with van der Waals surface area (Å²) in [6, 6.07) is -11.2. The average Bonchev–Trinajstić information content (AvgIpc) is 3.28. The second kappa shape index (κ2) is 33.4. The number of rotatable bonds is 36. The van der Waals surface area contributed by atoms with Crippen molar-refractivity contribution in [3.8, 4) is 0 Å². The van der Waals surface area contributed by atoms with E-state index < -0.39 is 176 Å². The summed E-state index contributed by atoms with van der Waals surface area (Å²) in [6.45, 7) is 9.36. The van der Waals surface area contributed by atoms with Crippen LogP contribution in [-0.4, -0.2) is 159 Å². The molecule has 0 saturated carbocycles. The molecule has 0 aromatic rings. The van der Waals surface area contributed by atoms with Crippen LogP contribution in [0.2, 0.25) is 0 Å². The predicted molar refractivity (Wildman–Crippen MR) is 253 cm³/mol. The zero-order valence-electron chi connectivity index (χ0n) is 40.5. The van der Waals surface area contributed by atoms with E-state index in [0.717, 1.165) is 0 Å². The molecule has 9 atom stereocenters. The summed E-state index contributed by atoms with van der Waals surface area (Å²) in [5, 5.41) is 56.4. The molecule has 0 aliphatic heterocycles. The third kappa shape index (κ3) is 25.5. The first-order valence-electron chi connectivity index (χ1n) is 23.0. The molecule has 0 spiro atoms. The lowest BCUT2D eigenvalue weighted by molar-refractivity contribution is -0.143. The van der Waals surface area contributed by atoms with Gasteiger partial charge in [0.2, 0.25) is 47.3 Å². The van der Waals surface area contributed by atoms with E-state index in [1.165, 1.54) is 0 Å². The van der Waals surface area contributed by atoms with Crippen LogP contribution in [0.4, 0.5) is 0 Å². The normalized spacial score (nSPS) is 15.0. The van der Waals surface area contributed by atoms with Crippen molar-refractivity contribution in [2.45, 2.75) is 161 Å². The van der Waals surface area contributed by atoms with Crippen molar-refractivity contribution < 1.29 is 78.0 Å². The minimum Gasteiger partial charge on any atom is -0.481 e. The number of nitrogens with two attached hydrogens (primary N) is 2. The van der Waals surface area contributed by atoms with Crippen LogP contribution in [0.25, 0.3) is 0 Å². The number of unbranched alkanes of at least 4 members (excludes halogenated alkanes) is 1. The summed E-state index contributed by atoms with van der Waals surface area (Å²) < 4.78 is 0. The Bertz CT molecular complexity index is 1820. The van der Waals surface area contributed by atoms with Gasteiger partial charge in [0, 0.05) is 25.0 Å². The van der Waals surface area contributed by atoms with Gasteiger partial charge in [-0.05, 0) is 62.8 Å². The van der Waals surface area contributed by atoms with E-state index in [9.17, 15) is 72.9 Å². The Balaban J connectivity index is 6.27. The summed E-state index contributed by atoms with van der Waals surface area (Å²) in [5.41, 5.74) is 11.4. The van der Waals surface area contributed by atoms with Gasteiger partial charge < -0.3 is 74.4 Å². The lowest BCUT2D eigenvalue weighted by Crippen LogP contribution is -2.61. The average molecular weight is 1020 g/mol. The lowest BCUT2D eigenvalue weighted by Gasteiger charge is -2.30. The van der Waals surface area contributed by atoms with Crippen molar-refractivity contribution in [2.24, 2.45) is 29.2 Å². The maximum atomic E-state index is 13.9. The van der Waals surface area contributed by atoms with E-state index in [1.807, 2.05) is 0 Å². The van der Waals surface area contributed by atoms with Crippen molar-refractivity contribution in [1.29, 1.82) is 0 Å². The number of amides is 8. The van der Waals surface area contributed by atoms with Crippen LogP contribution < -0.4 is 54.0 Å². The van der Waals surface area contributed by atoms with E-state index in [0.29, 0.717) is 19.4 Å². The van der Waals surface area contributed by atoms with Crippen molar-refractivity contribution in [3.05, 3.63) is 0 Å². The van der Waals surface area contributed by atoms with Crippen LogP contribution in [0, 0.1) is 17.8 Å². The highest BCUT2D eigenvalue weighted by Gasteiger charge is 2.36.